The van der Waals surface area contributed by atoms with Gasteiger partial charge in [-0.3, -0.25) is 0 Å². The van der Waals surface area contributed by atoms with Crippen LogP contribution in [0.4, 0.5) is 4.39 Å². The van der Waals surface area contributed by atoms with Crippen LogP contribution < -0.4 is 0 Å². The van der Waals surface area contributed by atoms with Crippen LogP contribution in [0.3, 0.4) is 0 Å². The normalized spacial score (nSPS) is 12.6. The van der Waals surface area contributed by atoms with Gasteiger partial charge in [-0.05, 0) is 133 Å². The standard InChI is InChI=1S/C21H22.C14H16O.C13H11F.C8H12.C7H8/c1-7-15-14(4)12-19-20(16(15)8-2)17-10-9-13(3)11-18(17)21(19,5)6;1-4-5-8-12-11(3)15-13-9-6-7-10(2)14(12)13;1-10-7-12(9-13(14)8-10)11-5-3-2-4-6-11;1-4-7-8(5-2)6-3;1-7-5-3-2-4-6-7/h7-12H,1-2H2,3-6H3;4-5,7-8H,1,6,9H2,2-3H3;2-9H,1H3;4-5,7H,1-2,6H2,3H3;2-6H,1H3/b;8-5-;;8-7+;. The molecule has 0 fully saturated rings. The fourth-order valence-corrected chi connectivity index (χ4v) is 8.32. The van der Waals surface area contributed by atoms with E-state index in [-0.39, 0.29) is 11.2 Å². The maximum Gasteiger partial charge on any atom is 0.124 e. The van der Waals surface area contributed by atoms with E-state index >= 15 is 0 Å². The lowest BCUT2D eigenvalue weighted by molar-refractivity contribution is 0.481. The second-order valence-corrected chi connectivity index (χ2v) is 17.0. The summed E-state index contributed by atoms with van der Waals surface area (Å²) in [6, 6.07) is 34.3. The van der Waals surface area contributed by atoms with Gasteiger partial charge < -0.3 is 4.42 Å². The first-order valence-corrected chi connectivity index (χ1v) is 22.6. The Bertz CT molecular complexity index is 2670. The van der Waals surface area contributed by atoms with Crippen LogP contribution in [-0.4, -0.2) is 0 Å². The SMILES string of the molecule is C=C/C=C(\C=C)CC.C=C/C=C\c1c(C)oc2c1C(C)=CCC2.C=Cc1c(C)cc2c(c1C=C)-c1ccc(C)cc1C2(C)C.Cc1cc(F)cc(-c2ccccc2)c1.Cc1ccccc1. The van der Waals surface area contributed by atoms with Crippen molar-refractivity contribution in [1.29, 1.82) is 0 Å². The molecule has 5 aromatic carbocycles. The number of allylic oxidation sites excluding steroid dienone is 8. The molecular weight excluding hydrogens is 792 g/mol. The van der Waals surface area contributed by atoms with Crippen molar-refractivity contribution in [2.45, 2.75) is 87.0 Å². The smallest absolute Gasteiger partial charge is 0.124 e. The first-order chi connectivity index (χ1) is 31.1. The van der Waals surface area contributed by atoms with E-state index in [2.05, 4.69) is 130 Å². The summed E-state index contributed by atoms with van der Waals surface area (Å²) in [5.74, 6) is 1.97. The van der Waals surface area contributed by atoms with E-state index in [0.717, 1.165) is 47.5 Å². The van der Waals surface area contributed by atoms with Crippen LogP contribution in [-0.2, 0) is 11.8 Å². The zero-order valence-corrected chi connectivity index (χ0v) is 40.5. The Morgan fingerprint density at radius 3 is 1.86 bits per heavy atom. The van der Waals surface area contributed by atoms with E-state index in [1.54, 1.807) is 18.2 Å². The molecule has 1 nitrogen and oxygen atoms in total. The van der Waals surface area contributed by atoms with Crippen molar-refractivity contribution in [3.8, 4) is 22.3 Å². The summed E-state index contributed by atoms with van der Waals surface area (Å²) in [7, 11) is 0. The second-order valence-electron chi connectivity index (χ2n) is 17.0. The van der Waals surface area contributed by atoms with E-state index in [0.29, 0.717) is 0 Å². The summed E-state index contributed by atoms with van der Waals surface area (Å²) in [6.45, 7) is 38.1. The lowest BCUT2D eigenvalue weighted by Crippen LogP contribution is -2.15. The molecule has 0 saturated carbocycles. The fraction of sp³-hybridized carbons (Fsp3) is 0.206. The molecule has 2 aliphatic rings. The number of aryl methyl sites for hydroxylation is 6. The van der Waals surface area contributed by atoms with E-state index in [1.807, 2.05) is 98.8 Å². The maximum absolute atomic E-state index is 13.1. The molecule has 6 aromatic rings. The molecule has 0 radical (unpaired) electrons. The van der Waals surface area contributed by atoms with Crippen molar-refractivity contribution < 1.29 is 8.81 Å². The van der Waals surface area contributed by atoms with Gasteiger partial charge in [-0.2, -0.15) is 0 Å². The number of rotatable bonds is 8. The highest BCUT2D eigenvalue weighted by molar-refractivity contribution is 5.91. The zero-order chi connectivity index (χ0) is 47.7. The van der Waals surface area contributed by atoms with Crippen LogP contribution in [0.15, 0.2) is 182 Å². The number of hydrogen-bond donors (Lipinski definition) is 0. The Morgan fingerprint density at radius 2 is 1.32 bits per heavy atom. The predicted octanol–water partition coefficient (Wildman–Crippen LogP) is 18.5. The minimum absolute atomic E-state index is 0.0406. The van der Waals surface area contributed by atoms with Gasteiger partial charge in [-0.25, -0.2) is 4.39 Å². The number of halogens is 1. The molecule has 2 heteroatoms. The Kier molecular flexibility index (Phi) is 19.0. The summed E-state index contributed by atoms with van der Waals surface area (Å²) >= 11 is 0. The molecule has 0 bridgehead atoms. The van der Waals surface area contributed by atoms with Crippen molar-refractivity contribution in [1.82, 2.24) is 0 Å². The molecular formula is C63H69FO. The number of furan rings is 1. The van der Waals surface area contributed by atoms with E-state index < -0.39 is 0 Å². The first-order valence-electron chi connectivity index (χ1n) is 22.6. The third-order valence-corrected chi connectivity index (χ3v) is 11.7. The fourth-order valence-electron chi connectivity index (χ4n) is 8.32. The average molecular weight is 861 g/mol. The highest BCUT2D eigenvalue weighted by Crippen LogP contribution is 2.52. The summed E-state index contributed by atoms with van der Waals surface area (Å²) in [6.07, 6.45) is 20.8. The van der Waals surface area contributed by atoms with Gasteiger partial charge in [-0.1, -0.05) is 210 Å². The molecule has 0 aliphatic heterocycles. The van der Waals surface area contributed by atoms with E-state index in [4.69, 9.17) is 4.42 Å². The van der Waals surface area contributed by atoms with Crippen LogP contribution in [0.5, 0.6) is 0 Å². The Morgan fingerprint density at radius 1 is 0.662 bits per heavy atom. The van der Waals surface area contributed by atoms with E-state index in [1.165, 1.54) is 78.4 Å². The van der Waals surface area contributed by atoms with Gasteiger partial charge >= 0.3 is 0 Å². The first kappa shape index (κ1) is 50.9. The highest BCUT2D eigenvalue weighted by atomic mass is 19.1. The zero-order valence-electron chi connectivity index (χ0n) is 40.5. The minimum atomic E-state index is -0.177. The van der Waals surface area contributed by atoms with E-state index in [9.17, 15) is 4.39 Å². The minimum Gasteiger partial charge on any atom is -0.465 e. The molecule has 0 unspecified atom stereocenters. The molecule has 0 atom stereocenters. The van der Waals surface area contributed by atoms with Gasteiger partial charge in [-0.15, -0.1) is 0 Å². The highest BCUT2D eigenvalue weighted by Gasteiger charge is 2.37. The summed E-state index contributed by atoms with van der Waals surface area (Å²) < 4.78 is 18.9. The molecule has 0 saturated heterocycles. The lowest BCUT2D eigenvalue weighted by Gasteiger charge is -2.23. The quantitative estimate of drug-likeness (QED) is 0.139. The Hall–Kier alpha value is -6.77. The van der Waals surface area contributed by atoms with Crippen LogP contribution in [0.2, 0.25) is 0 Å². The second kappa shape index (κ2) is 24.3. The predicted molar refractivity (Wildman–Crippen MR) is 285 cm³/mol. The van der Waals surface area contributed by atoms with Gasteiger partial charge in [0, 0.05) is 23.0 Å². The molecule has 334 valence electrons. The van der Waals surface area contributed by atoms with Crippen molar-refractivity contribution in [2.75, 3.05) is 0 Å². The van der Waals surface area contributed by atoms with Gasteiger partial charge in [0.1, 0.15) is 17.3 Å². The summed E-state index contributed by atoms with van der Waals surface area (Å²) in [5, 5.41) is 0. The van der Waals surface area contributed by atoms with Crippen molar-refractivity contribution in [3.63, 3.8) is 0 Å². The summed E-state index contributed by atoms with van der Waals surface area (Å²) in [4.78, 5) is 0. The monoisotopic (exact) mass is 861 g/mol. The van der Waals surface area contributed by atoms with Gasteiger partial charge in [0.25, 0.3) is 0 Å². The largest absolute Gasteiger partial charge is 0.465 e. The van der Waals surface area contributed by atoms with Gasteiger partial charge in [0.15, 0.2) is 0 Å². The van der Waals surface area contributed by atoms with Crippen molar-refractivity contribution in [2.24, 2.45) is 0 Å². The van der Waals surface area contributed by atoms with Crippen LogP contribution in [0.1, 0.15) is 108 Å². The van der Waals surface area contributed by atoms with Gasteiger partial charge in [0.2, 0.25) is 0 Å². The Balaban J connectivity index is 0.000000188. The third-order valence-electron chi connectivity index (χ3n) is 11.7. The average Bonchev–Trinajstić information content (AvgIpc) is 3.74. The molecule has 1 heterocycles. The number of fused-ring (bicyclic) bond motifs is 4. The van der Waals surface area contributed by atoms with Crippen molar-refractivity contribution >= 4 is 23.8 Å². The Labute approximate surface area is 391 Å². The van der Waals surface area contributed by atoms with Crippen LogP contribution in [0.25, 0.3) is 46.1 Å². The maximum atomic E-state index is 13.1. The van der Waals surface area contributed by atoms with Crippen LogP contribution in [0, 0.1) is 40.4 Å². The number of hydrogen-bond acceptors (Lipinski definition) is 1. The lowest BCUT2D eigenvalue weighted by atomic mass is 9.80. The molecule has 1 aromatic heterocycles. The third kappa shape index (κ3) is 13.1. The number of benzene rings is 5. The topological polar surface area (TPSA) is 13.1 Å². The molecule has 0 amide bonds. The molecule has 2 aliphatic carbocycles. The molecule has 65 heavy (non-hydrogen) atoms. The van der Waals surface area contributed by atoms with Gasteiger partial charge in [0.05, 0.1) is 0 Å². The molecule has 0 N–H and O–H groups in total. The summed E-state index contributed by atoms with van der Waals surface area (Å²) in [5.41, 5.74) is 19.9. The molecule has 8 rings (SSSR count). The molecule has 0 spiro atoms. The van der Waals surface area contributed by atoms with Crippen molar-refractivity contribution in [3.05, 3.63) is 251 Å². The van der Waals surface area contributed by atoms with Crippen LogP contribution >= 0.6 is 0 Å².